The van der Waals surface area contributed by atoms with Crippen LogP contribution in [-0.2, 0) is 11.8 Å². The third kappa shape index (κ3) is 2.64. The number of nitrogens with zero attached hydrogens (tertiary/aromatic N) is 3. The Labute approximate surface area is 88.6 Å². The van der Waals surface area contributed by atoms with Crippen LogP contribution in [0.4, 0.5) is 0 Å². The molecule has 1 aliphatic heterocycles. The molecule has 15 heavy (non-hydrogen) atoms. The van der Waals surface area contributed by atoms with Crippen molar-refractivity contribution < 1.29 is 9.53 Å². The van der Waals surface area contributed by atoms with Crippen molar-refractivity contribution in [3.05, 3.63) is 18.0 Å². The molecule has 2 rings (SSSR count). The van der Waals surface area contributed by atoms with E-state index in [1.54, 1.807) is 16.9 Å². The number of aryl methyl sites for hydroxylation is 1. The van der Waals surface area contributed by atoms with Gasteiger partial charge < -0.3 is 4.74 Å². The van der Waals surface area contributed by atoms with Gasteiger partial charge in [-0.2, -0.15) is 5.10 Å². The normalized spacial score (nSPS) is 17.9. The Balaban J connectivity index is 1.91. The van der Waals surface area contributed by atoms with E-state index in [0.717, 1.165) is 26.3 Å². The number of hydrogen-bond acceptors (Lipinski definition) is 4. The van der Waals surface area contributed by atoms with Gasteiger partial charge in [-0.25, -0.2) is 0 Å². The van der Waals surface area contributed by atoms with E-state index in [2.05, 4.69) is 10.00 Å². The highest BCUT2D eigenvalue weighted by Gasteiger charge is 2.16. The van der Waals surface area contributed by atoms with Crippen molar-refractivity contribution in [3.63, 3.8) is 0 Å². The minimum Gasteiger partial charge on any atom is -0.379 e. The number of morpholine rings is 1. The maximum absolute atomic E-state index is 11.8. The first-order chi connectivity index (χ1) is 7.25. The molecule has 5 nitrogen and oxygen atoms in total. The lowest BCUT2D eigenvalue weighted by Crippen LogP contribution is -2.39. The van der Waals surface area contributed by atoms with Crippen LogP contribution < -0.4 is 0 Å². The average Bonchev–Trinajstić information content (AvgIpc) is 2.66. The molecule has 0 unspecified atom stereocenters. The Morgan fingerprint density at radius 2 is 2.27 bits per heavy atom. The lowest BCUT2D eigenvalue weighted by Gasteiger charge is -2.25. The largest absolute Gasteiger partial charge is 0.379 e. The number of Topliss-reactive ketones (excluding diaryl/α,β-unsaturated/α-hetero) is 1. The molecule has 0 spiro atoms. The van der Waals surface area contributed by atoms with E-state index >= 15 is 0 Å². The van der Waals surface area contributed by atoms with E-state index in [0.29, 0.717) is 12.2 Å². The molecule has 0 atom stereocenters. The molecule has 1 aromatic rings. The van der Waals surface area contributed by atoms with Crippen LogP contribution in [0.3, 0.4) is 0 Å². The van der Waals surface area contributed by atoms with Gasteiger partial charge in [0.2, 0.25) is 0 Å². The van der Waals surface area contributed by atoms with Crippen LogP contribution in [0.15, 0.2) is 12.3 Å². The van der Waals surface area contributed by atoms with Crippen molar-refractivity contribution in [1.82, 2.24) is 14.7 Å². The first kappa shape index (κ1) is 10.3. The van der Waals surface area contributed by atoms with Gasteiger partial charge in [0.25, 0.3) is 0 Å². The molecule has 2 heterocycles. The molecule has 0 bridgehead atoms. The first-order valence-corrected chi connectivity index (χ1v) is 5.08. The molecule has 0 amide bonds. The minimum absolute atomic E-state index is 0.0810. The van der Waals surface area contributed by atoms with E-state index in [1.807, 2.05) is 7.05 Å². The molecule has 1 fully saturated rings. The number of aromatic nitrogens is 2. The number of ether oxygens (including phenoxy) is 1. The van der Waals surface area contributed by atoms with Crippen LogP contribution in [0.25, 0.3) is 0 Å². The monoisotopic (exact) mass is 209 g/mol. The lowest BCUT2D eigenvalue weighted by atomic mass is 10.2. The number of carbonyl (C=O) groups is 1. The fourth-order valence-electron chi connectivity index (χ4n) is 1.61. The summed E-state index contributed by atoms with van der Waals surface area (Å²) in [4.78, 5) is 13.9. The van der Waals surface area contributed by atoms with E-state index in [-0.39, 0.29) is 5.78 Å². The highest BCUT2D eigenvalue weighted by molar-refractivity contribution is 5.95. The standard InChI is InChI=1S/C10H15N3O2/c1-12-3-2-9(11-12)10(14)8-13-4-6-15-7-5-13/h2-3H,4-8H2,1H3. The molecule has 1 aliphatic rings. The second-order valence-corrected chi connectivity index (χ2v) is 3.69. The van der Waals surface area contributed by atoms with Crippen molar-refractivity contribution in [2.24, 2.45) is 7.05 Å². The third-order valence-electron chi connectivity index (χ3n) is 2.47. The van der Waals surface area contributed by atoms with Gasteiger partial charge in [-0.1, -0.05) is 0 Å². The van der Waals surface area contributed by atoms with Crippen molar-refractivity contribution >= 4 is 5.78 Å². The molecule has 0 aliphatic carbocycles. The topological polar surface area (TPSA) is 47.4 Å². The summed E-state index contributed by atoms with van der Waals surface area (Å²) in [5, 5.41) is 4.09. The maximum atomic E-state index is 11.8. The van der Waals surface area contributed by atoms with Crippen LogP contribution in [0.2, 0.25) is 0 Å². The Bertz CT molecular complexity index is 342. The Morgan fingerprint density at radius 1 is 1.53 bits per heavy atom. The highest BCUT2D eigenvalue weighted by atomic mass is 16.5. The summed E-state index contributed by atoms with van der Waals surface area (Å²) < 4.78 is 6.86. The van der Waals surface area contributed by atoms with Crippen LogP contribution in [0.1, 0.15) is 10.5 Å². The smallest absolute Gasteiger partial charge is 0.196 e. The summed E-state index contributed by atoms with van der Waals surface area (Å²) >= 11 is 0. The summed E-state index contributed by atoms with van der Waals surface area (Å²) in [6.07, 6.45) is 1.78. The van der Waals surface area contributed by atoms with Gasteiger partial charge in [-0.3, -0.25) is 14.4 Å². The predicted molar refractivity (Wildman–Crippen MR) is 54.8 cm³/mol. The molecular weight excluding hydrogens is 194 g/mol. The van der Waals surface area contributed by atoms with Gasteiger partial charge in [0.05, 0.1) is 19.8 Å². The van der Waals surface area contributed by atoms with Crippen LogP contribution in [0.5, 0.6) is 0 Å². The van der Waals surface area contributed by atoms with Crippen LogP contribution in [-0.4, -0.2) is 53.3 Å². The molecule has 1 saturated heterocycles. The van der Waals surface area contributed by atoms with Crippen LogP contribution in [0, 0.1) is 0 Å². The van der Waals surface area contributed by atoms with Gasteiger partial charge in [-0.05, 0) is 6.07 Å². The first-order valence-electron chi connectivity index (χ1n) is 5.08. The number of hydrogen-bond donors (Lipinski definition) is 0. The molecule has 82 valence electrons. The maximum Gasteiger partial charge on any atom is 0.196 e. The van der Waals surface area contributed by atoms with Gasteiger partial charge in [0.15, 0.2) is 5.78 Å². The molecule has 0 aromatic carbocycles. The lowest BCUT2D eigenvalue weighted by molar-refractivity contribution is 0.0370. The van der Waals surface area contributed by atoms with Crippen LogP contribution >= 0.6 is 0 Å². The Morgan fingerprint density at radius 3 is 2.87 bits per heavy atom. The molecule has 0 radical (unpaired) electrons. The number of rotatable bonds is 3. The fraction of sp³-hybridized carbons (Fsp3) is 0.600. The zero-order valence-electron chi connectivity index (χ0n) is 8.85. The number of ketones is 1. The van der Waals surface area contributed by atoms with E-state index in [9.17, 15) is 4.79 Å². The highest BCUT2D eigenvalue weighted by Crippen LogP contribution is 2.01. The van der Waals surface area contributed by atoms with Crippen molar-refractivity contribution in [2.75, 3.05) is 32.8 Å². The molecule has 0 saturated carbocycles. The van der Waals surface area contributed by atoms with Gasteiger partial charge >= 0.3 is 0 Å². The fourth-order valence-corrected chi connectivity index (χ4v) is 1.61. The number of carbonyl (C=O) groups excluding carboxylic acids is 1. The predicted octanol–water partition coefficient (Wildman–Crippen LogP) is -0.0650. The average molecular weight is 209 g/mol. The van der Waals surface area contributed by atoms with Crippen molar-refractivity contribution in [3.8, 4) is 0 Å². The van der Waals surface area contributed by atoms with E-state index < -0.39 is 0 Å². The van der Waals surface area contributed by atoms with Gasteiger partial charge in [0.1, 0.15) is 5.69 Å². The third-order valence-corrected chi connectivity index (χ3v) is 2.47. The van der Waals surface area contributed by atoms with Gasteiger partial charge in [0, 0.05) is 26.3 Å². The van der Waals surface area contributed by atoms with Crippen molar-refractivity contribution in [1.29, 1.82) is 0 Å². The second-order valence-electron chi connectivity index (χ2n) is 3.69. The molecule has 0 N–H and O–H groups in total. The molecular formula is C10H15N3O2. The molecule has 1 aromatic heterocycles. The van der Waals surface area contributed by atoms with E-state index in [1.165, 1.54) is 0 Å². The zero-order valence-corrected chi connectivity index (χ0v) is 8.85. The summed E-state index contributed by atoms with van der Waals surface area (Å²) in [5.74, 6) is 0.0810. The molecule has 5 heteroatoms. The Kier molecular flexibility index (Phi) is 3.13. The second kappa shape index (κ2) is 4.55. The SMILES string of the molecule is Cn1ccc(C(=O)CN2CCOCC2)n1. The minimum atomic E-state index is 0.0810. The Hall–Kier alpha value is -1.20. The summed E-state index contributed by atoms with van der Waals surface area (Å²) in [6.45, 7) is 3.54. The summed E-state index contributed by atoms with van der Waals surface area (Å²) in [5.41, 5.74) is 0.545. The zero-order chi connectivity index (χ0) is 10.7. The van der Waals surface area contributed by atoms with E-state index in [4.69, 9.17) is 4.74 Å². The van der Waals surface area contributed by atoms with Gasteiger partial charge in [-0.15, -0.1) is 0 Å². The summed E-state index contributed by atoms with van der Waals surface area (Å²) in [6, 6.07) is 1.75. The van der Waals surface area contributed by atoms with Crippen molar-refractivity contribution in [2.45, 2.75) is 0 Å². The summed E-state index contributed by atoms with van der Waals surface area (Å²) in [7, 11) is 1.81. The quantitative estimate of drug-likeness (QED) is 0.654.